The third kappa shape index (κ3) is 7.45. The fourth-order valence-electron chi connectivity index (χ4n) is 4.89. The molecule has 0 radical (unpaired) electrons. The van der Waals surface area contributed by atoms with Gasteiger partial charge in [-0.2, -0.15) is 15.1 Å². The highest BCUT2D eigenvalue weighted by atomic mass is 127. The van der Waals surface area contributed by atoms with E-state index >= 15 is 0 Å². The summed E-state index contributed by atoms with van der Waals surface area (Å²) in [6.07, 6.45) is -2.42. The van der Waals surface area contributed by atoms with Crippen molar-refractivity contribution >= 4 is 64.3 Å². The predicted octanol–water partition coefficient (Wildman–Crippen LogP) is 3.35. The Labute approximate surface area is 284 Å². The van der Waals surface area contributed by atoms with Crippen LogP contribution in [0.15, 0.2) is 36.5 Å². The van der Waals surface area contributed by atoms with Crippen LogP contribution in [0.2, 0.25) is 0 Å². The molecular formula is C29H37IN7O9P. The zero-order chi connectivity index (χ0) is 34.3. The third-order valence-electron chi connectivity index (χ3n) is 7.25. The van der Waals surface area contributed by atoms with E-state index in [1.807, 2.05) is 43.4 Å². The van der Waals surface area contributed by atoms with Gasteiger partial charge in [0.25, 0.3) is 0 Å². The molecule has 1 aliphatic heterocycles. The largest absolute Gasteiger partial charge is 0.479 e. The standard InChI is InChI=1S/C29H37IN7O9P/c1-15(24(39)43-14-28(2,3)4)36-47(41,46-18-11-7-10-17-16(18)9-8-12-32-17)44-13-19-21(38)29(5,40)25(45-19)37-22-20(33-26(37)30)23(42-6)35-27(31)34-22/h7-12,15,19,21,25,38,40H,13-14H2,1-6H3,(H,36,41)(H2,31,34,35)/t15-,19+,21+,25+,29+,47?/m0/s1. The SMILES string of the molecule is COc1nc(N)nc2c1nc(I)n2[C@@H]1O[C@H](COP(=O)(N[C@@H](C)C(=O)OCC(C)(C)C)Oc2cccc3ncccc23)[C@@H](O)[C@@]1(C)O. The number of anilines is 1. The van der Waals surface area contributed by atoms with Gasteiger partial charge >= 0.3 is 13.7 Å². The number of methoxy groups -OCH3 is 1. The Hall–Kier alpha value is -3.19. The van der Waals surface area contributed by atoms with E-state index in [2.05, 4.69) is 25.0 Å². The minimum absolute atomic E-state index is 0.104. The number of fused-ring (bicyclic) bond motifs is 2. The summed E-state index contributed by atoms with van der Waals surface area (Å²) in [5.74, 6) is -0.492. The highest BCUT2D eigenvalue weighted by Crippen LogP contribution is 2.49. The lowest BCUT2D eigenvalue weighted by atomic mass is 9.96. The number of aliphatic hydroxyl groups is 2. The van der Waals surface area contributed by atoms with Gasteiger partial charge in [0.15, 0.2) is 21.2 Å². The molecule has 18 heteroatoms. The summed E-state index contributed by atoms with van der Waals surface area (Å²) in [7, 11) is -3.01. The maximum atomic E-state index is 14.4. The minimum atomic E-state index is -4.41. The van der Waals surface area contributed by atoms with E-state index < -0.39 is 50.4 Å². The molecule has 47 heavy (non-hydrogen) atoms. The monoisotopic (exact) mass is 785 g/mol. The number of pyridine rings is 1. The van der Waals surface area contributed by atoms with Crippen LogP contribution >= 0.6 is 30.3 Å². The van der Waals surface area contributed by atoms with E-state index in [1.165, 1.54) is 25.5 Å². The van der Waals surface area contributed by atoms with Crippen LogP contribution in [0, 0.1) is 9.25 Å². The highest BCUT2D eigenvalue weighted by molar-refractivity contribution is 14.1. The number of esters is 1. The number of nitrogens with two attached hydrogens (primary N) is 1. The Morgan fingerprint density at radius 3 is 2.70 bits per heavy atom. The molecule has 5 N–H and O–H groups in total. The number of aromatic nitrogens is 5. The van der Waals surface area contributed by atoms with Crippen molar-refractivity contribution < 1.29 is 42.8 Å². The van der Waals surface area contributed by atoms with E-state index in [9.17, 15) is 19.6 Å². The molecule has 16 nitrogen and oxygen atoms in total. The zero-order valence-electron chi connectivity index (χ0n) is 26.6. The summed E-state index contributed by atoms with van der Waals surface area (Å²) < 4.78 is 44.8. The quantitative estimate of drug-likeness (QED) is 0.0743. The van der Waals surface area contributed by atoms with Crippen LogP contribution in [-0.2, 0) is 23.4 Å². The number of nitrogens with zero attached hydrogens (tertiary/aromatic N) is 5. The Morgan fingerprint density at radius 1 is 1.26 bits per heavy atom. The summed E-state index contributed by atoms with van der Waals surface area (Å²) in [5, 5.41) is 25.9. The molecule has 0 spiro atoms. The lowest BCUT2D eigenvalue weighted by Crippen LogP contribution is -2.45. The first-order valence-corrected chi connectivity index (χ1v) is 17.2. The van der Waals surface area contributed by atoms with Gasteiger partial charge in [0.2, 0.25) is 11.8 Å². The normalized spacial score (nSPS) is 23.5. The molecular weight excluding hydrogens is 748 g/mol. The maximum Gasteiger partial charge on any atom is 0.459 e. The van der Waals surface area contributed by atoms with Gasteiger partial charge in [0.05, 0.1) is 25.8 Å². The van der Waals surface area contributed by atoms with Crippen LogP contribution in [0.1, 0.15) is 40.8 Å². The highest BCUT2D eigenvalue weighted by Gasteiger charge is 2.55. The Morgan fingerprint density at radius 2 is 2.00 bits per heavy atom. The van der Waals surface area contributed by atoms with Crippen LogP contribution in [0.3, 0.4) is 0 Å². The van der Waals surface area contributed by atoms with Crippen molar-refractivity contribution in [3.05, 3.63) is 40.4 Å². The summed E-state index contributed by atoms with van der Waals surface area (Å²) >= 11 is 1.92. The van der Waals surface area contributed by atoms with Gasteiger partial charge in [-0.1, -0.05) is 26.8 Å². The predicted molar refractivity (Wildman–Crippen MR) is 178 cm³/mol. The maximum absolute atomic E-state index is 14.4. The lowest BCUT2D eigenvalue weighted by Gasteiger charge is -2.28. The van der Waals surface area contributed by atoms with Crippen LogP contribution in [0.4, 0.5) is 5.95 Å². The van der Waals surface area contributed by atoms with E-state index in [-0.39, 0.29) is 40.8 Å². The Kier molecular flexibility index (Phi) is 9.99. The number of imidazole rings is 1. The van der Waals surface area contributed by atoms with Crippen molar-refractivity contribution in [2.45, 2.75) is 64.7 Å². The van der Waals surface area contributed by atoms with Crippen LogP contribution in [-0.4, -0.2) is 84.9 Å². The fraction of sp³-hybridized carbons (Fsp3) is 0.483. The molecule has 3 aromatic heterocycles. The molecule has 1 aliphatic rings. The van der Waals surface area contributed by atoms with Crippen molar-refractivity contribution in [1.29, 1.82) is 0 Å². The fourth-order valence-corrected chi connectivity index (χ4v) is 7.13. The number of ether oxygens (including phenoxy) is 3. The summed E-state index contributed by atoms with van der Waals surface area (Å²) in [4.78, 5) is 29.9. The molecule has 1 unspecified atom stereocenters. The molecule has 254 valence electrons. The molecule has 4 aromatic rings. The number of halogens is 1. The van der Waals surface area contributed by atoms with Crippen molar-refractivity contribution in [3.8, 4) is 11.6 Å². The minimum Gasteiger partial charge on any atom is -0.479 e. The average Bonchev–Trinajstić information content (AvgIpc) is 3.44. The first-order chi connectivity index (χ1) is 22.0. The molecule has 0 amide bonds. The van der Waals surface area contributed by atoms with E-state index in [0.717, 1.165) is 0 Å². The molecule has 0 saturated carbocycles. The number of nitrogen functional groups attached to an aromatic ring is 1. The zero-order valence-corrected chi connectivity index (χ0v) is 29.6. The van der Waals surface area contributed by atoms with Gasteiger partial charge in [-0.05, 0) is 43.5 Å². The number of nitrogens with one attached hydrogen (secondary N) is 1. The Bertz CT molecular complexity index is 1830. The molecule has 6 atom stereocenters. The summed E-state index contributed by atoms with van der Waals surface area (Å²) in [5.41, 5.74) is 4.70. The van der Waals surface area contributed by atoms with E-state index in [4.69, 9.17) is 29.0 Å². The third-order valence-corrected chi connectivity index (χ3v) is 9.64. The molecule has 1 fully saturated rings. The van der Waals surface area contributed by atoms with Gasteiger partial charge < -0.3 is 34.7 Å². The van der Waals surface area contributed by atoms with Gasteiger partial charge in [0.1, 0.15) is 29.6 Å². The van der Waals surface area contributed by atoms with E-state index in [1.54, 1.807) is 36.5 Å². The summed E-state index contributed by atoms with van der Waals surface area (Å²) in [6, 6.07) is 7.32. The topological polar surface area (TPSA) is 215 Å². The number of hydrogen-bond acceptors (Lipinski definition) is 14. The van der Waals surface area contributed by atoms with Gasteiger partial charge in [-0.25, -0.2) is 9.55 Å². The smallest absolute Gasteiger partial charge is 0.459 e. The number of carbonyl (C=O) groups is 1. The lowest BCUT2D eigenvalue weighted by molar-refractivity contribution is -0.148. The van der Waals surface area contributed by atoms with E-state index in [0.29, 0.717) is 14.7 Å². The second-order valence-corrected chi connectivity index (χ2v) is 15.1. The molecule has 4 heterocycles. The van der Waals surface area contributed by atoms with Crippen molar-refractivity contribution in [2.24, 2.45) is 5.41 Å². The first-order valence-electron chi connectivity index (χ1n) is 14.6. The van der Waals surface area contributed by atoms with Gasteiger partial charge in [-0.15, -0.1) is 0 Å². The van der Waals surface area contributed by atoms with Crippen molar-refractivity contribution in [1.82, 2.24) is 29.6 Å². The Balaban J connectivity index is 1.42. The van der Waals surface area contributed by atoms with Gasteiger partial charge in [-0.3, -0.25) is 18.9 Å². The first kappa shape index (κ1) is 35.1. The second-order valence-electron chi connectivity index (χ2n) is 12.4. The molecule has 1 saturated heterocycles. The van der Waals surface area contributed by atoms with Crippen LogP contribution in [0.5, 0.6) is 11.6 Å². The number of benzene rings is 1. The van der Waals surface area contributed by atoms with Crippen molar-refractivity contribution in [3.63, 3.8) is 0 Å². The molecule has 0 bridgehead atoms. The number of aliphatic hydroxyl groups excluding tert-OH is 1. The summed E-state index contributed by atoms with van der Waals surface area (Å²) in [6.45, 7) is 8.15. The number of rotatable bonds is 11. The van der Waals surface area contributed by atoms with Crippen LogP contribution < -0.4 is 20.1 Å². The second kappa shape index (κ2) is 13.4. The average molecular weight is 786 g/mol. The number of carbonyl (C=O) groups excluding carboxylic acids is 1. The molecule has 0 aliphatic carbocycles. The van der Waals surface area contributed by atoms with Crippen molar-refractivity contribution in [2.75, 3.05) is 26.1 Å². The molecule has 1 aromatic carbocycles. The number of hydrogen-bond donors (Lipinski definition) is 4. The van der Waals surface area contributed by atoms with Crippen LogP contribution in [0.25, 0.3) is 22.1 Å². The molecule has 5 rings (SSSR count). The van der Waals surface area contributed by atoms with Gasteiger partial charge in [0, 0.05) is 34.2 Å².